The van der Waals surface area contributed by atoms with Crippen LogP contribution in [0.3, 0.4) is 0 Å². The Kier molecular flexibility index (Phi) is 1.85. The lowest BCUT2D eigenvalue weighted by molar-refractivity contribution is 0.163. The highest BCUT2D eigenvalue weighted by molar-refractivity contribution is 5.37. The van der Waals surface area contributed by atoms with E-state index in [1.807, 2.05) is 0 Å². The molecule has 0 unspecified atom stereocenters. The van der Waals surface area contributed by atoms with E-state index in [4.69, 9.17) is 0 Å². The van der Waals surface area contributed by atoms with Crippen molar-refractivity contribution < 1.29 is 0 Å². The van der Waals surface area contributed by atoms with Crippen LogP contribution in [-0.4, -0.2) is 31.1 Å². The average Bonchev–Trinajstić information content (AvgIpc) is 2.59. The summed E-state index contributed by atoms with van der Waals surface area (Å²) in [6.07, 6.45) is 1.21. The molecule has 0 aromatic heterocycles. The summed E-state index contributed by atoms with van der Waals surface area (Å²) in [5.41, 5.74) is 3.05. The summed E-state index contributed by atoms with van der Waals surface area (Å²) < 4.78 is 0. The molecule has 1 aliphatic heterocycles. The van der Waals surface area contributed by atoms with Crippen LogP contribution >= 0.6 is 0 Å². The van der Waals surface area contributed by atoms with E-state index in [2.05, 4.69) is 41.5 Å². The zero-order valence-electron chi connectivity index (χ0n) is 8.53. The molecule has 2 nitrogen and oxygen atoms in total. The van der Waals surface area contributed by atoms with Gasteiger partial charge in [0.25, 0.3) is 0 Å². The zero-order chi connectivity index (χ0) is 9.54. The van der Waals surface area contributed by atoms with Gasteiger partial charge in [-0.2, -0.15) is 0 Å². The highest BCUT2D eigenvalue weighted by Crippen LogP contribution is 2.35. The first kappa shape index (κ1) is 8.45. The second-order valence-corrected chi connectivity index (χ2v) is 4.38. The molecular formula is C12H16N2. The van der Waals surface area contributed by atoms with Gasteiger partial charge in [0.15, 0.2) is 0 Å². The molecule has 1 heterocycles. The minimum atomic E-state index is 0.574. The van der Waals surface area contributed by atoms with E-state index < -0.39 is 0 Å². The molecule has 74 valence electrons. The number of nitrogens with one attached hydrogen (secondary N) is 1. The Balaban J connectivity index is 2.00. The van der Waals surface area contributed by atoms with E-state index in [0.29, 0.717) is 12.1 Å². The number of hydrogen-bond donors (Lipinski definition) is 1. The predicted octanol–water partition coefficient (Wildman–Crippen LogP) is 1.19. The molecule has 0 spiro atoms. The van der Waals surface area contributed by atoms with Crippen molar-refractivity contribution in [2.45, 2.75) is 18.5 Å². The second kappa shape index (κ2) is 3.07. The fourth-order valence-electron chi connectivity index (χ4n) is 2.79. The summed E-state index contributed by atoms with van der Waals surface area (Å²) in [7, 11) is 2.24. The lowest BCUT2D eigenvalue weighted by atomic mass is 10.0. The number of piperazine rings is 1. The number of likely N-dealkylation sites (N-methyl/N-ethyl adjacent to an activating group) is 1. The summed E-state index contributed by atoms with van der Waals surface area (Å²) in [4.78, 5) is 2.49. The Morgan fingerprint density at radius 1 is 1.36 bits per heavy atom. The van der Waals surface area contributed by atoms with Crippen LogP contribution in [0.15, 0.2) is 24.3 Å². The molecule has 1 fully saturated rings. The van der Waals surface area contributed by atoms with Crippen LogP contribution in [0.25, 0.3) is 0 Å². The van der Waals surface area contributed by atoms with Gasteiger partial charge in [-0.1, -0.05) is 24.3 Å². The molecule has 3 rings (SSSR count). The van der Waals surface area contributed by atoms with E-state index in [1.54, 1.807) is 0 Å². The quantitative estimate of drug-likeness (QED) is 0.658. The predicted molar refractivity (Wildman–Crippen MR) is 57.3 cm³/mol. The molecule has 0 radical (unpaired) electrons. The first-order valence-electron chi connectivity index (χ1n) is 5.38. The summed E-state index contributed by atoms with van der Waals surface area (Å²) in [6.45, 7) is 2.29. The molecule has 2 atom stereocenters. The maximum absolute atomic E-state index is 3.63. The molecule has 1 aromatic rings. The maximum atomic E-state index is 3.63. The van der Waals surface area contributed by atoms with Crippen LogP contribution < -0.4 is 5.32 Å². The smallest absolute Gasteiger partial charge is 0.0484 e. The van der Waals surface area contributed by atoms with Gasteiger partial charge in [-0.3, -0.25) is 4.90 Å². The summed E-state index contributed by atoms with van der Waals surface area (Å²) >= 11 is 0. The van der Waals surface area contributed by atoms with Crippen LogP contribution in [0.5, 0.6) is 0 Å². The highest BCUT2D eigenvalue weighted by atomic mass is 15.2. The second-order valence-electron chi connectivity index (χ2n) is 4.38. The Morgan fingerprint density at radius 2 is 2.21 bits per heavy atom. The first-order valence-corrected chi connectivity index (χ1v) is 5.38. The third kappa shape index (κ3) is 1.11. The van der Waals surface area contributed by atoms with E-state index in [9.17, 15) is 0 Å². The molecule has 0 amide bonds. The summed E-state index contributed by atoms with van der Waals surface area (Å²) in [5, 5.41) is 3.63. The molecule has 1 N–H and O–H groups in total. The van der Waals surface area contributed by atoms with Gasteiger partial charge < -0.3 is 5.32 Å². The van der Waals surface area contributed by atoms with Crippen molar-refractivity contribution in [3.8, 4) is 0 Å². The summed E-state index contributed by atoms with van der Waals surface area (Å²) in [6, 6.07) is 10.1. The topological polar surface area (TPSA) is 15.3 Å². The van der Waals surface area contributed by atoms with Gasteiger partial charge in [0, 0.05) is 25.2 Å². The number of fused-ring (bicyclic) bond motifs is 3. The Labute approximate surface area is 84.9 Å². The zero-order valence-corrected chi connectivity index (χ0v) is 8.53. The van der Waals surface area contributed by atoms with Crippen LogP contribution in [-0.2, 0) is 6.42 Å². The van der Waals surface area contributed by atoms with E-state index in [1.165, 1.54) is 24.1 Å². The van der Waals surface area contributed by atoms with Crippen LogP contribution in [0.4, 0.5) is 0 Å². The van der Waals surface area contributed by atoms with Crippen molar-refractivity contribution >= 4 is 0 Å². The minimum Gasteiger partial charge on any atom is -0.307 e. The number of nitrogens with zero attached hydrogens (tertiary/aromatic N) is 1. The van der Waals surface area contributed by atoms with Crippen molar-refractivity contribution in [3.63, 3.8) is 0 Å². The van der Waals surface area contributed by atoms with Gasteiger partial charge in [-0.25, -0.2) is 0 Å². The van der Waals surface area contributed by atoms with Crippen LogP contribution in [0, 0.1) is 0 Å². The lowest BCUT2D eigenvalue weighted by Gasteiger charge is -2.35. The monoisotopic (exact) mass is 188 g/mol. The van der Waals surface area contributed by atoms with Gasteiger partial charge in [0.2, 0.25) is 0 Å². The van der Waals surface area contributed by atoms with Crippen LogP contribution in [0.2, 0.25) is 0 Å². The molecule has 0 saturated carbocycles. The third-order valence-electron chi connectivity index (χ3n) is 3.60. The number of benzene rings is 1. The fourth-order valence-corrected chi connectivity index (χ4v) is 2.79. The van der Waals surface area contributed by atoms with E-state index >= 15 is 0 Å². The van der Waals surface area contributed by atoms with Gasteiger partial charge in [-0.15, -0.1) is 0 Å². The van der Waals surface area contributed by atoms with Gasteiger partial charge in [0.1, 0.15) is 0 Å². The molecule has 0 bridgehead atoms. The van der Waals surface area contributed by atoms with Crippen molar-refractivity contribution in [2.24, 2.45) is 0 Å². The fraction of sp³-hybridized carbons (Fsp3) is 0.500. The van der Waals surface area contributed by atoms with Gasteiger partial charge in [0.05, 0.1) is 0 Å². The van der Waals surface area contributed by atoms with E-state index in [-0.39, 0.29) is 0 Å². The Morgan fingerprint density at radius 3 is 3.14 bits per heavy atom. The molecule has 1 aromatic carbocycles. The molecule has 1 aliphatic carbocycles. The van der Waals surface area contributed by atoms with Gasteiger partial charge in [-0.05, 0) is 24.6 Å². The SMILES string of the molecule is CN1CCN[C@H]2c3ccccc3C[C@H]21. The normalized spacial score (nSPS) is 31.2. The number of hydrogen-bond acceptors (Lipinski definition) is 2. The largest absolute Gasteiger partial charge is 0.307 e. The Bertz CT molecular complexity index is 348. The third-order valence-corrected chi connectivity index (χ3v) is 3.60. The molecular weight excluding hydrogens is 172 g/mol. The summed E-state index contributed by atoms with van der Waals surface area (Å²) in [5.74, 6) is 0. The van der Waals surface area contributed by atoms with Crippen molar-refractivity contribution in [1.29, 1.82) is 0 Å². The number of rotatable bonds is 0. The average molecular weight is 188 g/mol. The van der Waals surface area contributed by atoms with Crippen molar-refractivity contribution in [2.75, 3.05) is 20.1 Å². The molecule has 1 saturated heterocycles. The first-order chi connectivity index (χ1) is 6.86. The highest BCUT2D eigenvalue weighted by Gasteiger charge is 2.36. The Hall–Kier alpha value is -0.860. The van der Waals surface area contributed by atoms with Gasteiger partial charge >= 0.3 is 0 Å². The molecule has 2 heteroatoms. The molecule has 14 heavy (non-hydrogen) atoms. The van der Waals surface area contributed by atoms with Crippen molar-refractivity contribution in [1.82, 2.24) is 10.2 Å². The minimum absolute atomic E-state index is 0.574. The van der Waals surface area contributed by atoms with E-state index in [0.717, 1.165) is 6.54 Å². The van der Waals surface area contributed by atoms with Crippen LogP contribution in [0.1, 0.15) is 17.2 Å². The van der Waals surface area contributed by atoms with Crippen molar-refractivity contribution in [3.05, 3.63) is 35.4 Å². The molecule has 2 aliphatic rings. The maximum Gasteiger partial charge on any atom is 0.0484 e. The lowest BCUT2D eigenvalue weighted by Crippen LogP contribution is -2.49. The standard InChI is InChI=1S/C12H16N2/c1-14-7-6-13-12-10-5-3-2-4-9(10)8-11(12)14/h2-5,11-13H,6-8H2,1H3/t11-,12+/m1/s1.